The molecule has 0 aromatic carbocycles. The van der Waals surface area contributed by atoms with E-state index in [1.54, 1.807) is 0 Å². The van der Waals surface area contributed by atoms with Crippen LogP contribution >= 0.6 is 0 Å². The van der Waals surface area contributed by atoms with Crippen LogP contribution in [-0.2, 0) is 4.74 Å². The lowest BCUT2D eigenvalue weighted by Gasteiger charge is -2.39. The average Bonchev–Trinajstić information content (AvgIpc) is 2.46. The third-order valence-electron chi connectivity index (χ3n) is 5.16. The molecule has 0 aliphatic carbocycles. The van der Waals surface area contributed by atoms with Gasteiger partial charge in [0.1, 0.15) is 0 Å². The van der Waals surface area contributed by atoms with E-state index in [-0.39, 0.29) is 12.0 Å². The predicted molar refractivity (Wildman–Crippen MR) is 77.3 cm³/mol. The number of hydrogen-bond donors (Lipinski definition) is 2. The number of ether oxygens (including phenoxy) is 1. The van der Waals surface area contributed by atoms with E-state index in [1.807, 2.05) is 0 Å². The second-order valence-electron chi connectivity index (χ2n) is 6.58. The summed E-state index contributed by atoms with van der Waals surface area (Å²) in [6.07, 6.45) is 4.55. The second-order valence-corrected chi connectivity index (χ2v) is 6.58. The van der Waals surface area contributed by atoms with E-state index in [9.17, 15) is 5.11 Å². The van der Waals surface area contributed by atoms with Crippen LogP contribution in [0.5, 0.6) is 0 Å². The van der Waals surface area contributed by atoms with Gasteiger partial charge in [-0.05, 0) is 58.7 Å². The topological polar surface area (TPSA) is 44.7 Å². The summed E-state index contributed by atoms with van der Waals surface area (Å²) in [6, 6.07) is 0.556. The molecule has 0 radical (unpaired) electrons. The van der Waals surface area contributed by atoms with Crippen LogP contribution in [0, 0.1) is 11.3 Å². The molecule has 0 saturated carbocycles. The first-order valence-electron chi connectivity index (χ1n) is 7.76. The first kappa shape index (κ1) is 15.2. The van der Waals surface area contributed by atoms with Gasteiger partial charge in [-0.2, -0.15) is 0 Å². The Labute approximate surface area is 117 Å². The summed E-state index contributed by atoms with van der Waals surface area (Å²) in [5, 5.41) is 13.4. The van der Waals surface area contributed by atoms with Gasteiger partial charge in [0, 0.05) is 31.2 Å². The van der Waals surface area contributed by atoms with Crippen LogP contribution in [0.25, 0.3) is 0 Å². The van der Waals surface area contributed by atoms with Crippen LogP contribution in [0.15, 0.2) is 0 Å². The minimum atomic E-state index is 0.0535. The Morgan fingerprint density at radius 2 is 1.95 bits per heavy atom. The van der Waals surface area contributed by atoms with Crippen molar-refractivity contribution in [3.05, 3.63) is 0 Å². The van der Waals surface area contributed by atoms with Gasteiger partial charge in [-0.1, -0.05) is 0 Å². The lowest BCUT2D eigenvalue weighted by molar-refractivity contribution is -0.0175. The fourth-order valence-electron chi connectivity index (χ4n) is 3.27. The van der Waals surface area contributed by atoms with E-state index in [0.717, 1.165) is 38.5 Å². The van der Waals surface area contributed by atoms with Crippen LogP contribution in [0.4, 0.5) is 0 Å². The zero-order chi connectivity index (χ0) is 13.7. The molecule has 2 aliphatic rings. The molecule has 0 aromatic heterocycles. The number of aliphatic hydroxyl groups excluding tert-OH is 1. The Morgan fingerprint density at radius 3 is 2.53 bits per heavy atom. The van der Waals surface area contributed by atoms with Crippen molar-refractivity contribution in [2.75, 3.05) is 46.5 Å². The molecule has 2 saturated heterocycles. The molecule has 2 aliphatic heterocycles. The summed E-state index contributed by atoms with van der Waals surface area (Å²) in [4.78, 5) is 2.41. The van der Waals surface area contributed by atoms with Gasteiger partial charge < -0.3 is 20.1 Å². The quantitative estimate of drug-likeness (QED) is 0.785. The van der Waals surface area contributed by atoms with Crippen LogP contribution in [0.3, 0.4) is 0 Å². The van der Waals surface area contributed by atoms with Gasteiger partial charge in [0.15, 0.2) is 0 Å². The van der Waals surface area contributed by atoms with Crippen molar-refractivity contribution in [2.45, 2.75) is 38.6 Å². The zero-order valence-corrected chi connectivity index (χ0v) is 12.5. The Morgan fingerprint density at radius 1 is 1.32 bits per heavy atom. The first-order valence-corrected chi connectivity index (χ1v) is 7.76. The van der Waals surface area contributed by atoms with Gasteiger partial charge in [0.2, 0.25) is 0 Å². The molecule has 0 spiro atoms. The van der Waals surface area contributed by atoms with Crippen LogP contribution in [0.1, 0.15) is 32.6 Å². The fourth-order valence-corrected chi connectivity index (χ4v) is 3.27. The summed E-state index contributed by atoms with van der Waals surface area (Å²) < 4.78 is 5.42. The molecule has 2 fully saturated rings. The molecule has 1 atom stereocenters. The fraction of sp³-hybridized carbons (Fsp3) is 1.00. The predicted octanol–water partition coefficient (Wildman–Crippen LogP) is 1.10. The summed E-state index contributed by atoms with van der Waals surface area (Å²) >= 11 is 0. The average molecular weight is 270 g/mol. The van der Waals surface area contributed by atoms with Crippen molar-refractivity contribution in [1.29, 1.82) is 0 Å². The van der Waals surface area contributed by atoms with Gasteiger partial charge in [0.25, 0.3) is 0 Å². The number of aliphatic hydroxyl groups is 1. The summed E-state index contributed by atoms with van der Waals surface area (Å²) in [5.41, 5.74) is 0.0535. The normalized spacial score (nSPS) is 27.3. The third kappa shape index (κ3) is 4.15. The molecule has 4 heteroatoms. The summed E-state index contributed by atoms with van der Waals surface area (Å²) in [6.45, 7) is 7.55. The van der Waals surface area contributed by atoms with E-state index >= 15 is 0 Å². The van der Waals surface area contributed by atoms with E-state index < -0.39 is 0 Å². The minimum Gasteiger partial charge on any atom is -0.396 e. The molecule has 2 N–H and O–H groups in total. The highest BCUT2D eigenvalue weighted by Gasteiger charge is 2.33. The monoisotopic (exact) mass is 270 g/mol. The molecule has 2 rings (SSSR count). The minimum absolute atomic E-state index is 0.0535. The molecule has 0 amide bonds. The zero-order valence-electron chi connectivity index (χ0n) is 12.5. The SMILES string of the molecule is CC(NCC1(CO)CCOCC1)C1CCN(C)CC1. The molecule has 0 aromatic rings. The summed E-state index contributed by atoms with van der Waals surface area (Å²) in [5.74, 6) is 0.784. The molecule has 2 heterocycles. The lowest BCUT2D eigenvalue weighted by atomic mass is 9.80. The van der Waals surface area contributed by atoms with Gasteiger partial charge in [0.05, 0.1) is 6.61 Å². The van der Waals surface area contributed by atoms with Crippen molar-refractivity contribution in [3.8, 4) is 0 Å². The highest BCUT2D eigenvalue weighted by Crippen LogP contribution is 2.30. The smallest absolute Gasteiger partial charge is 0.0501 e. The number of nitrogens with one attached hydrogen (secondary N) is 1. The lowest BCUT2D eigenvalue weighted by Crippen LogP contribution is -2.47. The Balaban J connectivity index is 1.77. The Kier molecular flexibility index (Phi) is 5.63. The molecule has 1 unspecified atom stereocenters. The Bertz CT molecular complexity index is 259. The van der Waals surface area contributed by atoms with E-state index in [0.29, 0.717) is 6.04 Å². The maximum absolute atomic E-state index is 9.70. The molecule has 0 bridgehead atoms. The van der Waals surface area contributed by atoms with Crippen LogP contribution < -0.4 is 5.32 Å². The molecular formula is C15H30N2O2. The number of rotatable bonds is 5. The number of nitrogens with zero attached hydrogens (tertiary/aromatic N) is 1. The largest absolute Gasteiger partial charge is 0.396 e. The van der Waals surface area contributed by atoms with Gasteiger partial charge in [-0.15, -0.1) is 0 Å². The molecule has 112 valence electrons. The molecular weight excluding hydrogens is 240 g/mol. The van der Waals surface area contributed by atoms with E-state index in [4.69, 9.17) is 4.74 Å². The Hall–Kier alpha value is -0.160. The molecule has 19 heavy (non-hydrogen) atoms. The van der Waals surface area contributed by atoms with Crippen molar-refractivity contribution < 1.29 is 9.84 Å². The number of piperidine rings is 1. The van der Waals surface area contributed by atoms with Crippen molar-refractivity contribution in [3.63, 3.8) is 0 Å². The van der Waals surface area contributed by atoms with E-state index in [2.05, 4.69) is 24.2 Å². The van der Waals surface area contributed by atoms with Gasteiger partial charge in [-0.3, -0.25) is 0 Å². The van der Waals surface area contributed by atoms with Crippen molar-refractivity contribution in [1.82, 2.24) is 10.2 Å². The first-order chi connectivity index (χ1) is 9.15. The van der Waals surface area contributed by atoms with Gasteiger partial charge >= 0.3 is 0 Å². The standard InChI is InChI=1S/C15H30N2O2/c1-13(14-3-7-17(2)8-4-14)16-11-15(12-18)5-9-19-10-6-15/h13-14,16,18H,3-12H2,1-2H3. The number of hydrogen-bond acceptors (Lipinski definition) is 4. The van der Waals surface area contributed by atoms with Crippen molar-refractivity contribution in [2.24, 2.45) is 11.3 Å². The summed E-state index contributed by atoms with van der Waals surface area (Å²) in [7, 11) is 2.21. The van der Waals surface area contributed by atoms with Crippen LogP contribution in [-0.4, -0.2) is 62.6 Å². The van der Waals surface area contributed by atoms with E-state index in [1.165, 1.54) is 25.9 Å². The molecule has 4 nitrogen and oxygen atoms in total. The number of likely N-dealkylation sites (tertiary alicyclic amines) is 1. The highest BCUT2D eigenvalue weighted by molar-refractivity contribution is 4.86. The maximum atomic E-state index is 9.70. The highest BCUT2D eigenvalue weighted by atomic mass is 16.5. The van der Waals surface area contributed by atoms with Gasteiger partial charge in [-0.25, -0.2) is 0 Å². The third-order valence-corrected chi connectivity index (χ3v) is 5.16. The second kappa shape index (κ2) is 7.02. The van der Waals surface area contributed by atoms with Crippen molar-refractivity contribution >= 4 is 0 Å². The van der Waals surface area contributed by atoms with Crippen LogP contribution in [0.2, 0.25) is 0 Å². The maximum Gasteiger partial charge on any atom is 0.0501 e.